The minimum atomic E-state index is -0.779. The lowest BCUT2D eigenvalue weighted by atomic mass is 10.1. The Bertz CT molecular complexity index is 460. The van der Waals surface area contributed by atoms with Gasteiger partial charge in [-0.15, -0.1) is 6.58 Å². The Labute approximate surface area is 105 Å². The number of carbonyl (C=O) groups excluding carboxylic acids is 2. The molecule has 0 aliphatic heterocycles. The van der Waals surface area contributed by atoms with Crippen molar-refractivity contribution in [1.29, 1.82) is 0 Å². The lowest BCUT2D eigenvalue weighted by Gasteiger charge is -2.14. The number of nitrogens with two attached hydrogens (primary N) is 1. The molecule has 0 unspecified atom stereocenters. The summed E-state index contributed by atoms with van der Waals surface area (Å²) in [6, 6.07) is 4.44. The molecule has 0 aromatic heterocycles. The van der Waals surface area contributed by atoms with Crippen LogP contribution in [0.4, 0.5) is 4.39 Å². The van der Waals surface area contributed by atoms with E-state index in [0.29, 0.717) is 12.8 Å². The smallest absolute Gasteiger partial charge is 0.252 e. The van der Waals surface area contributed by atoms with Crippen LogP contribution in [0.25, 0.3) is 0 Å². The van der Waals surface area contributed by atoms with Crippen LogP contribution in [0, 0.1) is 5.82 Å². The van der Waals surface area contributed by atoms with Gasteiger partial charge >= 0.3 is 0 Å². The van der Waals surface area contributed by atoms with Gasteiger partial charge in [-0.05, 0) is 31.0 Å². The molecular formula is C13H15FN2O2. The van der Waals surface area contributed by atoms with Crippen LogP contribution >= 0.6 is 0 Å². The molecule has 0 radical (unpaired) electrons. The zero-order chi connectivity index (χ0) is 13.5. The van der Waals surface area contributed by atoms with E-state index in [-0.39, 0.29) is 5.56 Å². The highest BCUT2D eigenvalue weighted by atomic mass is 19.1. The van der Waals surface area contributed by atoms with E-state index >= 15 is 0 Å². The average molecular weight is 250 g/mol. The third kappa shape index (κ3) is 4.01. The first kappa shape index (κ1) is 13.9. The van der Waals surface area contributed by atoms with Crippen LogP contribution < -0.4 is 11.1 Å². The first-order valence-electron chi connectivity index (χ1n) is 5.51. The molecular weight excluding hydrogens is 235 g/mol. The van der Waals surface area contributed by atoms with E-state index in [1.54, 1.807) is 6.08 Å². The van der Waals surface area contributed by atoms with Crippen molar-refractivity contribution >= 4 is 11.8 Å². The summed E-state index contributed by atoms with van der Waals surface area (Å²) in [4.78, 5) is 22.9. The van der Waals surface area contributed by atoms with Gasteiger partial charge in [-0.3, -0.25) is 9.59 Å². The first-order valence-corrected chi connectivity index (χ1v) is 5.51. The fraction of sp³-hybridized carbons (Fsp3) is 0.231. The van der Waals surface area contributed by atoms with Crippen molar-refractivity contribution in [2.24, 2.45) is 5.73 Å². The monoisotopic (exact) mass is 250 g/mol. The predicted octanol–water partition coefficient (Wildman–Crippen LogP) is 1.38. The van der Waals surface area contributed by atoms with Crippen LogP contribution in [0.5, 0.6) is 0 Å². The van der Waals surface area contributed by atoms with Crippen molar-refractivity contribution in [1.82, 2.24) is 5.32 Å². The van der Waals surface area contributed by atoms with Crippen LogP contribution in [0.1, 0.15) is 23.2 Å². The largest absolute Gasteiger partial charge is 0.368 e. The number of amides is 2. The summed E-state index contributed by atoms with van der Waals surface area (Å²) in [5, 5.41) is 2.47. The van der Waals surface area contributed by atoms with E-state index in [0.717, 1.165) is 6.07 Å². The molecule has 1 aromatic rings. The number of hydrogen-bond acceptors (Lipinski definition) is 2. The van der Waals surface area contributed by atoms with Gasteiger partial charge in [-0.25, -0.2) is 4.39 Å². The Balaban J connectivity index is 2.72. The number of nitrogens with one attached hydrogen (secondary N) is 1. The molecule has 4 nitrogen and oxygen atoms in total. The minimum absolute atomic E-state index is 0.153. The number of primary amides is 1. The summed E-state index contributed by atoms with van der Waals surface area (Å²) in [7, 11) is 0. The molecule has 1 aromatic carbocycles. The summed E-state index contributed by atoms with van der Waals surface area (Å²) >= 11 is 0. The van der Waals surface area contributed by atoms with Crippen LogP contribution in [-0.4, -0.2) is 17.9 Å². The number of carbonyl (C=O) groups is 2. The van der Waals surface area contributed by atoms with E-state index in [1.165, 1.54) is 18.2 Å². The Kier molecular flexibility index (Phi) is 5.05. The number of hydrogen-bond donors (Lipinski definition) is 2. The number of halogens is 1. The molecule has 0 aliphatic carbocycles. The second-order valence-corrected chi connectivity index (χ2v) is 3.80. The molecule has 0 heterocycles. The van der Waals surface area contributed by atoms with E-state index in [2.05, 4.69) is 11.9 Å². The summed E-state index contributed by atoms with van der Waals surface area (Å²) in [5.41, 5.74) is 5.32. The van der Waals surface area contributed by atoms with E-state index < -0.39 is 23.7 Å². The number of benzene rings is 1. The fourth-order valence-electron chi connectivity index (χ4n) is 1.44. The van der Waals surface area contributed by atoms with Gasteiger partial charge in [-0.2, -0.15) is 0 Å². The highest BCUT2D eigenvalue weighted by Gasteiger charge is 2.18. The van der Waals surface area contributed by atoms with Crippen molar-refractivity contribution in [3.8, 4) is 0 Å². The van der Waals surface area contributed by atoms with Gasteiger partial charge in [0.15, 0.2) is 0 Å². The normalized spacial score (nSPS) is 11.6. The second-order valence-electron chi connectivity index (χ2n) is 3.80. The molecule has 3 N–H and O–H groups in total. The maximum atomic E-state index is 12.9. The van der Waals surface area contributed by atoms with Gasteiger partial charge in [0, 0.05) is 5.56 Å². The maximum Gasteiger partial charge on any atom is 0.252 e. The van der Waals surface area contributed by atoms with E-state index in [4.69, 9.17) is 5.73 Å². The third-order valence-electron chi connectivity index (χ3n) is 2.40. The Hall–Kier alpha value is -2.17. The van der Waals surface area contributed by atoms with Gasteiger partial charge in [0.2, 0.25) is 5.91 Å². The lowest BCUT2D eigenvalue weighted by Crippen LogP contribution is -2.44. The van der Waals surface area contributed by atoms with Crippen LogP contribution in [0.2, 0.25) is 0 Å². The van der Waals surface area contributed by atoms with Crippen LogP contribution in [0.3, 0.4) is 0 Å². The van der Waals surface area contributed by atoms with Crippen molar-refractivity contribution < 1.29 is 14.0 Å². The fourth-order valence-corrected chi connectivity index (χ4v) is 1.44. The highest BCUT2D eigenvalue weighted by Crippen LogP contribution is 2.05. The lowest BCUT2D eigenvalue weighted by molar-refractivity contribution is -0.119. The zero-order valence-corrected chi connectivity index (χ0v) is 9.86. The molecule has 0 bridgehead atoms. The summed E-state index contributed by atoms with van der Waals surface area (Å²) in [6.45, 7) is 3.53. The SMILES string of the molecule is C=CCC[C@H](NC(=O)c1cccc(F)c1)C(N)=O. The molecule has 18 heavy (non-hydrogen) atoms. The van der Waals surface area contributed by atoms with Gasteiger partial charge in [0.05, 0.1) is 0 Å². The molecule has 1 atom stereocenters. The van der Waals surface area contributed by atoms with Gasteiger partial charge < -0.3 is 11.1 Å². The number of rotatable bonds is 6. The topological polar surface area (TPSA) is 72.2 Å². The van der Waals surface area contributed by atoms with Crippen molar-refractivity contribution in [2.75, 3.05) is 0 Å². The predicted molar refractivity (Wildman–Crippen MR) is 66.3 cm³/mol. The van der Waals surface area contributed by atoms with Crippen molar-refractivity contribution in [3.05, 3.63) is 48.3 Å². The summed E-state index contributed by atoms with van der Waals surface area (Å²) in [5.74, 6) is -1.66. The van der Waals surface area contributed by atoms with Crippen molar-refractivity contribution in [2.45, 2.75) is 18.9 Å². The highest BCUT2D eigenvalue weighted by molar-refractivity contribution is 5.97. The van der Waals surface area contributed by atoms with Crippen molar-refractivity contribution in [3.63, 3.8) is 0 Å². The number of allylic oxidation sites excluding steroid dienone is 1. The molecule has 2 amide bonds. The quantitative estimate of drug-likeness (QED) is 0.748. The molecule has 0 spiro atoms. The third-order valence-corrected chi connectivity index (χ3v) is 2.40. The van der Waals surface area contributed by atoms with Crippen LogP contribution in [0.15, 0.2) is 36.9 Å². The standard InChI is InChI=1S/C13H15FN2O2/c1-2-3-7-11(12(15)17)16-13(18)9-5-4-6-10(14)8-9/h2,4-6,8,11H,1,3,7H2,(H2,15,17)(H,16,18)/t11-/m0/s1. The molecule has 0 aliphatic rings. The summed E-state index contributed by atoms with van der Waals surface area (Å²) < 4.78 is 12.9. The molecule has 5 heteroatoms. The molecule has 0 saturated heterocycles. The zero-order valence-electron chi connectivity index (χ0n) is 9.86. The molecule has 1 rings (SSSR count). The Morgan fingerprint density at radius 1 is 1.50 bits per heavy atom. The Morgan fingerprint density at radius 3 is 2.78 bits per heavy atom. The summed E-state index contributed by atoms with van der Waals surface area (Å²) in [6.07, 6.45) is 2.56. The second kappa shape index (κ2) is 6.54. The molecule has 0 saturated carbocycles. The average Bonchev–Trinajstić information content (AvgIpc) is 2.33. The van der Waals surface area contributed by atoms with E-state index in [1.807, 2.05) is 0 Å². The maximum absolute atomic E-state index is 12.9. The molecule has 0 fully saturated rings. The van der Waals surface area contributed by atoms with Gasteiger partial charge in [0.25, 0.3) is 5.91 Å². The first-order chi connectivity index (χ1) is 8.54. The van der Waals surface area contributed by atoms with Gasteiger partial charge in [0.1, 0.15) is 11.9 Å². The van der Waals surface area contributed by atoms with Crippen LogP contribution in [-0.2, 0) is 4.79 Å². The Morgan fingerprint density at radius 2 is 2.22 bits per heavy atom. The minimum Gasteiger partial charge on any atom is -0.368 e. The van der Waals surface area contributed by atoms with Gasteiger partial charge in [-0.1, -0.05) is 12.1 Å². The van der Waals surface area contributed by atoms with E-state index in [9.17, 15) is 14.0 Å². The molecule has 96 valence electrons.